The molecule has 0 atom stereocenters. The van der Waals surface area contributed by atoms with Crippen LogP contribution in [0.4, 0.5) is 5.69 Å². The van der Waals surface area contributed by atoms with Gasteiger partial charge in [0.25, 0.3) is 0 Å². The second-order valence-corrected chi connectivity index (χ2v) is 7.05. The molecule has 5 heteroatoms. The van der Waals surface area contributed by atoms with Gasteiger partial charge in [0, 0.05) is 52.0 Å². The van der Waals surface area contributed by atoms with Crippen LogP contribution in [0.15, 0.2) is 30.3 Å². The molecule has 1 heterocycles. The van der Waals surface area contributed by atoms with Crippen LogP contribution in [0.5, 0.6) is 0 Å². The van der Waals surface area contributed by atoms with Gasteiger partial charge >= 0.3 is 0 Å². The summed E-state index contributed by atoms with van der Waals surface area (Å²) >= 11 is 0. The Bertz CT molecular complexity index is 509. The summed E-state index contributed by atoms with van der Waals surface area (Å²) < 4.78 is 0. The molecule has 1 aliphatic carbocycles. The average molecular weight is 330 g/mol. The topological polar surface area (TPSA) is 38.8 Å². The van der Waals surface area contributed by atoms with Crippen molar-refractivity contribution in [2.45, 2.75) is 12.8 Å². The minimum Gasteiger partial charge on any atom is -0.369 e. The number of piperazine rings is 1. The lowest BCUT2D eigenvalue weighted by Crippen LogP contribution is -2.49. The molecule has 1 saturated heterocycles. The van der Waals surface area contributed by atoms with Gasteiger partial charge in [0.05, 0.1) is 6.54 Å². The van der Waals surface area contributed by atoms with E-state index in [1.807, 2.05) is 11.9 Å². The number of nitrogens with zero attached hydrogens (tertiary/aromatic N) is 3. The quantitative estimate of drug-likeness (QED) is 0.779. The van der Waals surface area contributed by atoms with Crippen molar-refractivity contribution in [3.8, 4) is 0 Å². The van der Waals surface area contributed by atoms with Crippen LogP contribution in [0.2, 0.25) is 0 Å². The first kappa shape index (κ1) is 17.2. The van der Waals surface area contributed by atoms with Gasteiger partial charge in [-0.05, 0) is 37.4 Å². The van der Waals surface area contributed by atoms with Gasteiger partial charge in [0.15, 0.2) is 0 Å². The van der Waals surface area contributed by atoms with Crippen LogP contribution in [0.1, 0.15) is 12.8 Å². The minimum atomic E-state index is 0.207. The van der Waals surface area contributed by atoms with E-state index in [0.717, 1.165) is 51.7 Å². The van der Waals surface area contributed by atoms with E-state index in [0.29, 0.717) is 6.54 Å². The zero-order valence-electron chi connectivity index (χ0n) is 14.8. The van der Waals surface area contributed by atoms with Gasteiger partial charge in [0.2, 0.25) is 5.91 Å². The van der Waals surface area contributed by atoms with E-state index in [1.165, 1.54) is 18.5 Å². The summed E-state index contributed by atoms with van der Waals surface area (Å²) in [4.78, 5) is 18.9. The fourth-order valence-corrected chi connectivity index (χ4v) is 3.12. The molecule has 1 aromatic rings. The molecular weight excluding hydrogens is 300 g/mol. The molecule has 1 aromatic carbocycles. The molecule has 0 bridgehead atoms. The van der Waals surface area contributed by atoms with Crippen LogP contribution >= 0.6 is 0 Å². The molecule has 0 radical (unpaired) electrons. The highest BCUT2D eigenvalue weighted by molar-refractivity contribution is 5.77. The number of hydrogen-bond acceptors (Lipinski definition) is 4. The first-order valence-electron chi connectivity index (χ1n) is 9.19. The highest BCUT2D eigenvalue weighted by Gasteiger charge is 2.21. The van der Waals surface area contributed by atoms with Gasteiger partial charge in [-0.2, -0.15) is 0 Å². The van der Waals surface area contributed by atoms with Crippen LogP contribution < -0.4 is 10.2 Å². The number of anilines is 1. The Morgan fingerprint density at radius 1 is 1.17 bits per heavy atom. The van der Waals surface area contributed by atoms with Gasteiger partial charge in [-0.1, -0.05) is 18.2 Å². The molecule has 5 nitrogen and oxygen atoms in total. The van der Waals surface area contributed by atoms with Gasteiger partial charge in [-0.15, -0.1) is 0 Å². The number of carbonyl (C=O) groups is 1. The number of rotatable bonds is 8. The maximum absolute atomic E-state index is 12.1. The van der Waals surface area contributed by atoms with Crippen LogP contribution in [-0.4, -0.2) is 75.1 Å². The molecular formula is C19H30N4O. The Morgan fingerprint density at radius 2 is 1.88 bits per heavy atom. The monoisotopic (exact) mass is 330 g/mol. The lowest BCUT2D eigenvalue weighted by atomic mass is 10.2. The minimum absolute atomic E-state index is 0.207. The Morgan fingerprint density at radius 3 is 2.54 bits per heavy atom. The predicted octanol–water partition coefficient (Wildman–Crippen LogP) is 1.27. The summed E-state index contributed by atoms with van der Waals surface area (Å²) in [7, 11) is 1.92. The highest BCUT2D eigenvalue weighted by atomic mass is 16.2. The van der Waals surface area contributed by atoms with Gasteiger partial charge in [0.1, 0.15) is 0 Å². The maximum atomic E-state index is 12.1. The predicted molar refractivity (Wildman–Crippen MR) is 98.3 cm³/mol. The summed E-state index contributed by atoms with van der Waals surface area (Å²) in [5.74, 6) is 1.03. The van der Waals surface area contributed by atoms with E-state index in [2.05, 4.69) is 45.4 Å². The molecule has 132 valence electrons. The third kappa shape index (κ3) is 5.21. The van der Waals surface area contributed by atoms with Crippen molar-refractivity contribution in [2.75, 3.05) is 64.3 Å². The van der Waals surface area contributed by atoms with Crippen molar-refractivity contribution in [3.63, 3.8) is 0 Å². The highest BCUT2D eigenvalue weighted by Crippen LogP contribution is 2.27. The summed E-state index contributed by atoms with van der Waals surface area (Å²) in [5, 5.41) is 3.28. The maximum Gasteiger partial charge on any atom is 0.236 e. The van der Waals surface area contributed by atoms with Crippen molar-refractivity contribution in [2.24, 2.45) is 5.92 Å². The largest absolute Gasteiger partial charge is 0.369 e. The standard InChI is InChI=1S/C19H30N4O/c1-21(19(24)16-20-15-17-7-8-17)9-10-22-11-13-23(14-12-22)18-5-3-2-4-6-18/h2-6,17,20H,7-16H2,1H3. The Kier molecular flexibility index (Phi) is 6.10. The molecule has 24 heavy (non-hydrogen) atoms. The van der Waals surface area contributed by atoms with E-state index in [4.69, 9.17) is 0 Å². The van der Waals surface area contributed by atoms with Crippen LogP contribution in [0.3, 0.4) is 0 Å². The van der Waals surface area contributed by atoms with Crippen LogP contribution in [-0.2, 0) is 4.79 Å². The first-order valence-corrected chi connectivity index (χ1v) is 9.19. The summed E-state index contributed by atoms with van der Waals surface area (Å²) in [5.41, 5.74) is 1.31. The normalized spacial score (nSPS) is 18.6. The third-order valence-electron chi connectivity index (χ3n) is 5.08. The molecule has 0 aromatic heterocycles. The molecule has 1 amide bonds. The summed E-state index contributed by atoms with van der Waals surface area (Å²) in [6.07, 6.45) is 2.65. The van der Waals surface area contributed by atoms with Crippen molar-refractivity contribution in [1.82, 2.24) is 15.1 Å². The summed E-state index contributed by atoms with van der Waals surface area (Å²) in [6.45, 7) is 7.52. The van der Waals surface area contributed by atoms with Gasteiger partial charge < -0.3 is 15.1 Å². The van der Waals surface area contributed by atoms with Crippen LogP contribution in [0, 0.1) is 5.92 Å². The molecule has 1 aliphatic heterocycles. The molecule has 0 unspecified atom stereocenters. The third-order valence-corrected chi connectivity index (χ3v) is 5.08. The SMILES string of the molecule is CN(CCN1CCN(c2ccccc2)CC1)C(=O)CNCC1CC1. The van der Waals surface area contributed by atoms with Crippen molar-refractivity contribution in [3.05, 3.63) is 30.3 Å². The number of carbonyl (C=O) groups excluding carboxylic acids is 1. The Labute approximate surface area is 145 Å². The van der Waals surface area contributed by atoms with E-state index in [-0.39, 0.29) is 5.91 Å². The number of para-hydroxylation sites is 1. The van der Waals surface area contributed by atoms with E-state index in [9.17, 15) is 4.79 Å². The number of likely N-dealkylation sites (N-methyl/N-ethyl adjacent to an activating group) is 1. The average Bonchev–Trinajstić information content (AvgIpc) is 3.45. The van der Waals surface area contributed by atoms with Gasteiger partial charge in [-0.25, -0.2) is 0 Å². The molecule has 1 saturated carbocycles. The fraction of sp³-hybridized carbons (Fsp3) is 0.632. The van der Waals surface area contributed by atoms with Crippen molar-refractivity contribution >= 4 is 11.6 Å². The molecule has 0 spiro atoms. The number of amides is 1. The second-order valence-electron chi connectivity index (χ2n) is 7.05. The first-order chi connectivity index (χ1) is 11.7. The lowest BCUT2D eigenvalue weighted by Gasteiger charge is -2.36. The number of benzene rings is 1. The number of hydrogen-bond donors (Lipinski definition) is 1. The summed E-state index contributed by atoms with van der Waals surface area (Å²) in [6, 6.07) is 10.6. The zero-order chi connectivity index (χ0) is 16.8. The van der Waals surface area contributed by atoms with E-state index < -0.39 is 0 Å². The Balaban J connectivity index is 1.31. The lowest BCUT2D eigenvalue weighted by molar-refractivity contribution is -0.129. The number of nitrogens with one attached hydrogen (secondary N) is 1. The van der Waals surface area contributed by atoms with Crippen molar-refractivity contribution < 1.29 is 4.79 Å². The van der Waals surface area contributed by atoms with E-state index >= 15 is 0 Å². The Hall–Kier alpha value is -1.59. The molecule has 3 rings (SSSR count). The molecule has 2 aliphatic rings. The molecule has 1 N–H and O–H groups in total. The van der Waals surface area contributed by atoms with Crippen LogP contribution in [0.25, 0.3) is 0 Å². The second kappa shape index (κ2) is 8.49. The van der Waals surface area contributed by atoms with Gasteiger partial charge in [-0.3, -0.25) is 9.69 Å². The molecule has 2 fully saturated rings. The van der Waals surface area contributed by atoms with Crippen molar-refractivity contribution in [1.29, 1.82) is 0 Å². The van der Waals surface area contributed by atoms with E-state index in [1.54, 1.807) is 0 Å². The fourth-order valence-electron chi connectivity index (χ4n) is 3.12. The smallest absolute Gasteiger partial charge is 0.236 e. The zero-order valence-corrected chi connectivity index (χ0v) is 14.8.